The molecule has 0 aromatic carbocycles. The van der Waals surface area contributed by atoms with Gasteiger partial charge in [0.1, 0.15) is 0 Å². The van der Waals surface area contributed by atoms with E-state index in [-0.39, 0.29) is 0 Å². The van der Waals surface area contributed by atoms with Gasteiger partial charge in [-0.3, -0.25) is 4.90 Å². The molecular formula is C14H26N2. The van der Waals surface area contributed by atoms with Gasteiger partial charge in [0.15, 0.2) is 0 Å². The smallest absolute Gasteiger partial charge is 0.0249 e. The van der Waals surface area contributed by atoms with Crippen LogP contribution < -0.4 is 5.73 Å². The lowest BCUT2D eigenvalue weighted by Crippen LogP contribution is -2.61. The zero-order valence-corrected chi connectivity index (χ0v) is 10.4. The van der Waals surface area contributed by atoms with E-state index in [4.69, 9.17) is 5.73 Å². The number of nitrogens with two attached hydrogens (primary N) is 1. The first-order valence-corrected chi connectivity index (χ1v) is 7.34. The third kappa shape index (κ3) is 1.91. The summed E-state index contributed by atoms with van der Waals surface area (Å²) in [5.74, 6) is 1.98. The third-order valence-electron chi connectivity index (χ3n) is 5.25. The van der Waals surface area contributed by atoms with Crippen molar-refractivity contribution in [3.05, 3.63) is 0 Å². The van der Waals surface area contributed by atoms with Crippen LogP contribution in [0.25, 0.3) is 0 Å². The standard InChI is InChI=1S/C14H26N2/c15-9-14-12-7-11(8-12)10-16(14)13-5-3-1-2-4-6-13/h11-14H,1-10,15H2. The molecule has 0 aromatic rings. The summed E-state index contributed by atoms with van der Waals surface area (Å²) in [6, 6.07) is 1.61. The molecule has 0 aromatic heterocycles. The van der Waals surface area contributed by atoms with Gasteiger partial charge in [0.05, 0.1) is 0 Å². The van der Waals surface area contributed by atoms with Crippen molar-refractivity contribution in [1.29, 1.82) is 0 Å². The third-order valence-corrected chi connectivity index (χ3v) is 5.25. The first-order chi connectivity index (χ1) is 7.88. The molecule has 1 atom stereocenters. The Balaban J connectivity index is 1.67. The summed E-state index contributed by atoms with van der Waals surface area (Å²) < 4.78 is 0. The number of rotatable bonds is 2. The van der Waals surface area contributed by atoms with Gasteiger partial charge in [-0.25, -0.2) is 0 Å². The maximum atomic E-state index is 6.01. The minimum absolute atomic E-state index is 0.730. The molecule has 1 unspecified atom stereocenters. The summed E-state index contributed by atoms with van der Waals surface area (Å²) in [6.45, 7) is 2.26. The average Bonchev–Trinajstić information content (AvgIpc) is 2.55. The fourth-order valence-corrected chi connectivity index (χ4v) is 4.29. The summed E-state index contributed by atoms with van der Waals surface area (Å²) in [5.41, 5.74) is 6.01. The number of hydrogen-bond donors (Lipinski definition) is 1. The van der Waals surface area contributed by atoms with Crippen LogP contribution in [0.3, 0.4) is 0 Å². The van der Waals surface area contributed by atoms with Crippen LogP contribution in [0.5, 0.6) is 0 Å². The molecule has 4 rings (SSSR count). The number of piperidine rings is 2. The van der Waals surface area contributed by atoms with Crippen LogP contribution in [-0.4, -0.2) is 30.1 Å². The van der Waals surface area contributed by atoms with E-state index in [1.54, 1.807) is 0 Å². The summed E-state index contributed by atoms with van der Waals surface area (Å²) in [7, 11) is 0. The molecule has 2 aliphatic carbocycles. The van der Waals surface area contributed by atoms with E-state index in [0.29, 0.717) is 0 Å². The zero-order valence-electron chi connectivity index (χ0n) is 10.4. The Morgan fingerprint density at radius 1 is 1.00 bits per heavy atom. The van der Waals surface area contributed by atoms with Gasteiger partial charge in [0, 0.05) is 25.2 Å². The molecular weight excluding hydrogens is 196 g/mol. The van der Waals surface area contributed by atoms with Crippen LogP contribution in [-0.2, 0) is 0 Å². The monoisotopic (exact) mass is 222 g/mol. The van der Waals surface area contributed by atoms with Gasteiger partial charge in [-0.1, -0.05) is 25.7 Å². The molecule has 2 bridgehead atoms. The van der Waals surface area contributed by atoms with E-state index in [9.17, 15) is 0 Å². The van der Waals surface area contributed by atoms with Crippen LogP contribution in [0.15, 0.2) is 0 Å². The Morgan fingerprint density at radius 3 is 2.31 bits per heavy atom. The number of fused-ring (bicyclic) bond motifs is 2. The van der Waals surface area contributed by atoms with Crippen molar-refractivity contribution in [3.63, 3.8) is 0 Å². The molecule has 0 radical (unpaired) electrons. The van der Waals surface area contributed by atoms with E-state index < -0.39 is 0 Å². The second kappa shape index (κ2) is 4.66. The molecule has 2 heteroatoms. The topological polar surface area (TPSA) is 29.3 Å². The SMILES string of the molecule is NCC1C2CC(C2)CN1C1CCCCCC1. The number of nitrogens with zero attached hydrogens (tertiary/aromatic N) is 1. The van der Waals surface area contributed by atoms with E-state index in [0.717, 1.165) is 30.5 Å². The van der Waals surface area contributed by atoms with E-state index in [1.807, 2.05) is 0 Å². The predicted octanol–water partition coefficient (Wildman–Crippen LogP) is 2.38. The second-order valence-corrected chi connectivity index (χ2v) is 6.24. The molecule has 0 amide bonds. The minimum atomic E-state index is 0.730. The molecule has 2 nitrogen and oxygen atoms in total. The first-order valence-electron chi connectivity index (χ1n) is 7.34. The lowest BCUT2D eigenvalue weighted by Gasteiger charge is -2.55. The van der Waals surface area contributed by atoms with Crippen molar-refractivity contribution in [2.45, 2.75) is 63.5 Å². The second-order valence-electron chi connectivity index (χ2n) is 6.24. The minimum Gasteiger partial charge on any atom is -0.329 e. The molecule has 16 heavy (non-hydrogen) atoms. The Bertz CT molecular complexity index is 227. The lowest BCUT2D eigenvalue weighted by atomic mass is 9.66. The Labute approximate surface area is 99.6 Å². The summed E-state index contributed by atoms with van der Waals surface area (Å²) in [6.07, 6.45) is 11.7. The highest BCUT2D eigenvalue weighted by Gasteiger charge is 2.45. The van der Waals surface area contributed by atoms with Crippen LogP contribution in [0.4, 0.5) is 0 Å². The van der Waals surface area contributed by atoms with Gasteiger partial charge < -0.3 is 5.73 Å². The molecule has 92 valence electrons. The summed E-state index contributed by atoms with van der Waals surface area (Å²) in [5, 5.41) is 0. The molecule has 0 spiro atoms. The van der Waals surface area contributed by atoms with Crippen LogP contribution in [0.1, 0.15) is 51.4 Å². The van der Waals surface area contributed by atoms with E-state index in [1.165, 1.54) is 57.9 Å². The van der Waals surface area contributed by atoms with Gasteiger partial charge in [-0.2, -0.15) is 0 Å². The molecule has 4 aliphatic rings. The van der Waals surface area contributed by atoms with Gasteiger partial charge in [0.25, 0.3) is 0 Å². The van der Waals surface area contributed by atoms with E-state index >= 15 is 0 Å². The lowest BCUT2D eigenvalue weighted by molar-refractivity contribution is -0.0531. The van der Waals surface area contributed by atoms with Crippen molar-refractivity contribution >= 4 is 0 Å². The number of hydrogen-bond acceptors (Lipinski definition) is 2. The quantitative estimate of drug-likeness (QED) is 0.727. The van der Waals surface area contributed by atoms with Crippen LogP contribution >= 0.6 is 0 Å². The largest absolute Gasteiger partial charge is 0.329 e. The predicted molar refractivity (Wildman–Crippen MR) is 67.3 cm³/mol. The highest BCUT2D eigenvalue weighted by molar-refractivity contribution is 4.99. The Morgan fingerprint density at radius 2 is 1.69 bits per heavy atom. The summed E-state index contributed by atoms with van der Waals surface area (Å²) >= 11 is 0. The summed E-state index contributed by atoms with van der Waals surface area (Å²) in [4.78, 5) is 2.81. The van der Waals surface area contributed by atoms with Crippen molar-refractivity contribution in [2.75, 3.05) is 13.1 Å². The highest BCUT2D eigenvalue weighted by Crippen LogP contribution is 2.45. The fourth-order valence-electron chi connectivity index (χ4n) is 4.29. The van der Waals surface area contributed by atoms with Crippen molar-refractivity contribution in [3.8, 4) is 0 Å². The molecule has 2 saturated heterocycles. The maximum absolute atomic E-state index is 6.01. The van der Waals surface area contributed by atoms with Gasteiger partial charge >= 0.3 is 0 Å². The normalized spacial score (nSPS) is 41.4. The van der Waals surface area contributed by atoms with Crippen LogP contribution in [0.2, 0.25) is 0 Å². The Hall–Kier alpha value is -0.0800. The molecule has 2 N–H and O–H groups in total. The molecule has 2 saturated carbocycles. The molecule has 2 aliphatic heterocycles. The van der Waals surface area contributed by atoms with Gasteiger partial charge in [-0.15, -0.1) is 0 Å². The van der Waals surface area contributed by atoms with E-state index in [2.05, 4.69) is 4.90 Å². The molecule has 2 heterocycles. The van der Waals surface area contributed by atoms with Crippen molar-refractivity contribution in [2.24, 2.45) is 17.6 Å². The Kier molecular flexibility index (Phi) is 3.21. The van der Waals surface area contributed by atoms with Crippen molar-refractivity contribution < 1.29 is 0 Å². The van der Waals surface area contributed by atoms with Crippen molar-refractivity contribution in [1.82, 2.24) is 4.90 Å². The average molecular weight is 222 g/mol. The van der Waals surface area contributed by atoms with Crippen LogP contribution in [0, 0.1) is 11.8 Å². The first kappa shape index (κ1) is 11.0. The van der Waals surface area contributed by atoms with Gasteiger partial charge in [-0.05, 0) is 37.5 Å². The zero-order chi connectivity index (χ0) is 11.0. The maximum Gasteiger partial charge on any atom is 0.0249 e. The highest BCUT2D eigenvalue weighted by atomic mass is 15.2. The van der Waals surface area contributed by atoms with Gasteiger partial charge in [0.2, 0.25) is 0 Å². The fraction of sp³-hybridized carbons (Fsp3) is 1.00. The molecule has 4 fully saturated rings.